The summed E-state index contributed by atoms with van der Waals surface area (Å²) in [5.74, 6) is -1.37. The Hall–Kier alpha value is -3.06. The molecule has 0 bridgehead atoms. The summed E-state index contributed by atoms with van der Waals surface area (Å²) in [7, 11) is 0. The van der Waals surface area contributed by atoms with E-state index in [9.17, 15) is 18.4 Å². The molecule has 1 amide bonds. The molecular formula is C19H14ClF2N3O2. The van der Waals surface area contributed by atoms with Crippen LogP contribution in [0.25, 0.3) is 11.3 Å². The number of halogens is 3. The average Bonchev–Trinajstić information content (AvgIpc) is 2.65. The van der Waals surface area contributed by atoms with Crippen molar-refractivity contribution in [2.45, 2.75) is 13.1 Å². The van der Waals surface area contributed by atoms with Gasteiger partial charge in [0.2, 0.25) is 5.91 Å². The van der Waals surface area contributed by atoms with Crippen LogP contribution in [0.3, 0.4) is 0 Å². The molecule has 3 rings (SSSR count). The smallest absolute Gasteiger partial charge is 0.267 e. The van der Waals surface area contributed by atoms with E-state index in [1.54, 1.807) is 0 Å². The summed E-state index contributed by atoms with van der Waals surface area (Å²) >= 11 is 5.70. The molecule has 27 heavy (non-hydrogen) atoms. The first-order valence-electron chi connectivity index (χ1n) is 7.97. The minimum atomic E-state index is -0.542. The lowest BCUT2D eigenvalue weighted by atomic mass is 10.1. The van der Waals surface area contributed by atoms with Gasteiger partial charge >= 0.3 is 0 Å². The summed E-state index contributed by atoms with van der Waals surface area (Å²) in [5, 5.41) is 6.73. The maximum atomic E-state index is 13.1. The third-order valence-corrected chi connectivity index (χ3v) is 4.06. The normalized spacial score (nSPS) is 10.6. The zero-order valence-electron chi connectivity index (χ0n) is 14.0. The molecule has 0 aliphatic rings. The number of amides is 1. The Bertz CT molecular complexity index is 1040. The van der Waals surface area contributed by atoms with E-state index in [0.29, 0.717) is 16.8 Å². The predicted octanol–water partition coefficient (Wildman–Crippen LogP) is 3.16. The molecule has 0 aliphatic carbocycles. The molecule has 0 atom stereocenters. The maximum Gasteiger partial charge on any atom is 0.267 e. The minimum absolute atomic E-state index is 0.0355. The van der Waals surface area contributed by atoms with Gasteiger partial charge < -0.3 is 5.32 Å². The summed E-state index contributed by atoms with van der Waals surface area (Å²) in [6.45, 7) is -0.159. The molecule has 0 fully saturated rings. The van der Waals surface area contributed by atoms with Crippen LogP contribution in [0.1, 0.15) is 5.56 Å². The summed E-state index contributed by atoms with van der Waals surface area (Å²) < 4.78 is 27.2. The molecule has 0 radical (unpaired) electrons. The summed E-state index contributed by atoms with van der Waals surface area (Å²) in [6, 6.07) is 12.6. The fourth-order valence-electron chi connectivity index (χ4n) is 2.38. The van der Waals surface area contributed by atoms with Gasteiger partial charge in [0, 0.05) is 18.2 Å². The van der Waals surface area contributed by atoms with Gasteiger partial charge in [-0.25, -0.2) is 13.5 Å². The van der Waals surface area contributed by atoms with Crippen LogP contribution in [0.2, 0.25) is 5.02 Å². The highest BCUT2D eigenvalue weighted by molar-refractivity contribution is 6.30. The molecule has 0 spiro atoms. The number of carbonyl (C=O) groups excluding carboxylic acids is 1. The van der Waals surface area contributed by atoms with Crippen molar-refractivity contribution in [2.75, 3.05) is 0 Å². The second-order valence-electron chi connectivity index (χ2n) is 5.75. The predicted molar refractivity (Wildman–Crippen MR) is 97.1 cm³/mol. The Morgan fingerprint density at radius 2 is 1.81 bits per heavy atom. The first kappa shape index (κ1) is 18.7. The minimum Gasteiger partial charge on any atom is -0.350 e. The van der Waals surface area contributed by atoms with Crippen LogP contribution >= 0.6 is 11.6 Å². The van der Waals surface area contributed by atoms with Crippen molar-refractivity contribution in [3.63, 3.8) is 0 Å². The van der Waals surface area contributed by atoms with Crippen LogP contribution in [0, 0.1) is 11.6 Å². The van der Waals surface area contributed by atoms with Gasteiger partial charge in [0.05, 0.1) is 10.7 Å². The molecule has 2 aromatic carbocycles. The molecule has 0 unspecified atom stereocenters. The van der Waals surface area contributed by atoms with Crippen molar-refractivity contribution in [3.8, 4) is 11.3 Å². The van der Waals surface area contributed by atoms with Crippen LogP contribution in [0.15, 0.2) is 59.4 Å². The Morgan fingerprint density at radius 1 is 1.07 bits per heavy atom. The van der Waals surface area contributed by atoms with Gasteiger partial charge in [-0.3, -0.25) is 9.59 Å². The van der Waals surface area contributed by atoms with E-state index in [1.165, 1.54) is 54.6 Å². The molecule has 1 N–H and O–H groups in total. The van der Waals surface area contributed by atoms with Crippen molar-refractivity contribution in [2.24, 2.45) is 0 Å². The fraction of sp³-hybridized carbons (Fsp3) is 0.105. The van der Waals surface area contributed by atoms with E-state index in [1.807, 2.05) is 0 Å². The summed E-state index contributed by atoms with van der Waals surface area (Å²) in [4.78, 5) is 24.1. The van der Waals surface area contributed by atoms with Gasteiger partial charge in [-0.05, 0) is 48.0 Å². The van der Waals surface area contributed by atoms with E-state index >= 15 is 0 Å². The third-order valence-electron chi connectivity index (χ3n) is 3.77. The molecule has 0 saturated heterocycles. The first-order chi connectivity index (χ1) is 12.9. The quantitative estimate of drug-likeness (QED) is 0.729. The molecule has 1 aromatic heterocycles. The largest absolute Gasteiger partial charge is 0.350 e. The van der Waals surface area contributed by atoms with Crippen LogP contribution in [-0.2, 0) is 17.9 Å². The number of carbonyl (C=O) groups is 1. The SMILES string of the molecule is O=C(Cn1nc(-c2ccc(F)cc2)ccc1=O)NCc1ccc(F)c(Cl)c1. The first-order valence-corrected chi connectivity index (χ1v) is 8.35. The van der Waals surface area contributed by atoms with Crippen molar-refractivity contribution in [1.82, 2.24) is 15.1 Å². The molecule has 0 saturated carbocycles. The second kappa shape index (κ2) is 8.09. The van der Waals surface area contributed by atoms with Crippen molar-refractivity contribution in [3.05, 3.63) is 87.2 Å². The Morgan fingerprint density at radius 3 is 2.52 bits per heavy atom. The monoisotopic (exact) mass is 389 g/mol. The fourth-order valence-corrected chi connectivity index (χ4v) is 2.58. The lowest BCUT2D eigenvalue weighted by molar-refractivity contribution is -0.122. The Balaban J connectivity index is 1.69. The highest BCUT2D eigenvalue weighted by Gasteiger charge is 2.09. The van der Waals surface area contributed by atoms with Gasteiger partial charge in [-0.15, -0.1) is 0 Å². The van der Waals surface area contributed by atoms with E-state index in [-0.39, 0.29) is 23.9 Å². The highest BCUT2D eigenvalue weighted by Crippen LogP contribution is 2.16. The number of aromatic nitrogens is 2. The molecule has 3 aromatic rings. The number of hydrogen-bond donors (Lipinski definition) is 1. The van der Waals surface area contributed by atoms with Gasteiger partial charge in [0.1, 0.15) is 18.2 Å². The van der Waals surface area contributed by atoms with Crippen molar-refractivity contribution in [1.29, 1.82) is 0 Å². The van der Waals surface area contributed by atoms with Crippen LogP contribution in [0.4, 0.5) is 8.78 Å². The topological polar surface area (TPSA) is 64.0 Å². The zero-order chi connectivity index (χ0) is 19.4. The van der Waals surface area contributed by atoms with Gasteiger partial charge in [0.25, 0.3) is 5.56 Å². The number of nitrogens with zero attached hydrogens (tertiary/aromatic N) is 2. The van der Waals surface area contributed by atoms with E-state index in [2.05, 4.69) is 10.4 Å². The standard InChI is InChI=1S/C19H14ClF2N3O2/c20-15-9-12(1-6-16(15)22)10-23-18(26)11-25-19(27)8-7-17(24-25)13-2-4-14(21)5-3-13/h1-9H,10-11H2,(H,23,26). The molecular weight excluding hydrogens is 376 g/mol. The highest BCUT2D eigenvalue weighted by atomic mass is 35.5. The Kier molecular flexibility index (Phi) is 5.61. The summed E-state index contributed by atoms with van der Waals surface area (Å²) in [6.07, 6.45) is 0. The number of rotatable bonds is 5. The number of hydrogen-bond acceptors (Lipinski definition) is 3. The van der Waals surface area contributed by atoms with Crippen molar-refractivity contribution < 1.29 is 13.6 Å². The van der Waals surface area contributed by atoms with E-state index in [4.69, 9.17) is 11.6 Å². The van der Waals surface area contributed by atoms with Gasteiger partial charge in [-0.2, -0.15) is 5.10 Å². The zero-order valence-corrected chi connectivity index (χ0v) is 14.7. The van der Waals surface area contributed by atoms with Crippen LogP contribution in [0.5, 0.6) is 0 Å². The molecule has 8 heteroatoms. The lowest BCUT2D eigenvalue weighted by Gasteiger charge is -2.09. The molecule has 138 valence electrons. The lowest BCUT2D eigenvalue weighted by Crippen LogP contribution is -2.33. The Labute approximate surface area is 158 Å². The third kappa shape index (κ3) is 4.77. The van der Waals surface area contributed by atoms with Crippen molar-refractivity contribution >= 4 is 17.5 Å². The average molecular weight is 390 g/mol. The molecule has 5 nitrogen and oxygen atoms in total. The van der Waals surface area contributed by atoms with Gasteiger partial charge in [0.15, 0.2) is 0 Å². The van der Waals surface area contributed by atoms with E-state index in [0.717, 1.165) is 4.68 Å². The van der Waals surface area contributed by atoms with E-state index < -0.39 is 17.3 Å². The molecule has 1 heterocycles. The summed E-state index contributed by atoms with van der Waals surface area (Å²) in [5.41, 5.74) is 1.23. The van der Waals surface area contributed by atoms with Gasteiger partial charge in [-0.1, -0.05) is 17.7 Å². The number of nitrogens with one attached hydrogen (secondary N) is 1. The molecule has 0 aliphatic heterocycles. The number of benzene rings is 2. The second-order valence-corrected chi connectivity index (χ2v) is 6.15. The maximum absolute atomic E-state index is 13.1. The van der Waals surface area contributed by atoms with Crippen LogP contribution in [-0.4, -0.2) is 15.7 Å². The van der Waals surface area contributed by atoms with Crippen LogP contribution < -0.4 is 10.9 Å².